The van der Waals surface area contributed by atoms with Crippen LogP contribution >= 0.6 is 23.6 Å². The molecule has 0 spiro atoms. The molecule has 94 valence electrons. The molecule has 2 rings (SSSR count). The molecule has 0 bridgehead atoms. The van der Waals surface area contributed by atoms with E-state index in [-0.39, 0.29) is 11.7 Å². The maximum atomic E-state index is 12.9. The van der Waals surface area contributed by atoms with E-state index < -0.39 is 0 Å². The number of rotatable bonds is 3. The second kappa shape index (κ2) is 5.36. The Balaban J connectivity index is 2.32. The molecule has 1 aromatic carbocycles. The summed E-state index contributed by atoms with van der Waals surface area (Å²) in [7, 11) is 0. The van der Waals surface area contributed by atoms with Crippen molar-refractivity contribution in [1.29, 1.82) is 0 Å². The summed E-state index contributed by atoms with van der Waals surface area (Å²) in [6, 6.07) is 5.76. The van der Waals surface area contributed by atoms with Crippen LogP contribution in [0.25, 0.3) is 0 Å². The molecule has 0 radical (unpaired) electrons. The smallest absolute Gasteiger partial charge is 0.232 e. The molecule has 0 unspecified atom stereocenters. The van der Waals surface area contributed by atoms with E-state index in [1.165, 1.54) is 12.1 Å². The molecule has 0 saturated carbocycles. The lowest BCUT2D eigenvalue weighted by Crippen LogP contribution is -1.90. The summed E-state index contributed by atoms with van der Waals surface area (Å²) in [4.78, 5) is 0. The van der Waals surface area contributed by atoms with Crippen LogP contribution in [0.4, 0.5) is 15.1 Å². The van der Waals surface area contributed by atoms with Gasteiger partial charge in [0.1, 0.15) is 5.82 Å². The number of hydrogen-bond acceptors (Lipinski definition) is 5. The number of aromatic hydroxyl groups is 1. The molecule has 1 heterocycles. The maximum Gasteiger partial charge on any atom is 0.232 e. The van der Waals surface area contributed by atoms with Crippen LogP contribution in [0.1, 0.15) is 6.92 Å². The molecule has 7 heteroatoms. The van der Waals surface area contributed by atoms with Gasteiger partial charge in [-0.25, -0.2) is 4.39 Å². The number of hydrogen-bond donors (Lipinski definition) is 1. The Labute approximate surface area is 112 Å². The topological polar surface area (TPSA) is 49.9 Å². The van der Waals surface area contributed by atoms with Crippen molar-refractivity contribution < 1.29 is 9.50 Å². The number of aromatic nitrogens is 1. The first kappa shape index (κ1) is 12.8. The fourth-order valence-corrected chi connectivity index (χ4v) is 2.60. The van der Waals surface area contributed by atoms with E-state index in [2.05, 4.69) is 10.2 Å². The highest BCUT2D eigenvalue weighted by Gasteiger charge is 2.09. The number of nitrogens with zero attached hydrogens (tertiary/aromatic N) is 3. The van der Waals surface area contributed by atoms with Gasteiger partial charge < -0.3 is 5.11 Å². The van der Waals surface area contributed by atoms with Gasteiger partial charge in [-0.3, -0.25) is 4.57 Å². The Morgan fingerprint density at radius 2 is 2.22 bits per heavy atom. The van der Waals surface area contributed by atoms with Gasteiger partial charge in [-0.1, -0.05) is 17.4 Å². The molecule has 4 nitrogen and oxygen atoms in total. The minimum atomic E-state index is -0.380. The Morgan fingerprint density at radius 1 is 1.44 bits per heavy atom. The second-order valence-electron chi connectivity index (χ2n) is 3.42. The monoisotopic (exact) mass is 283 g/mol. The number of thiazole rings is 1. The highest BCUT2D eigenvalue weighted by Crippen LogP contribution is 2.35. The van der Waals surface area contributed by atoms with Crippen LogP contribution in [0, 0.1) is 9.77 Å². The summed E-state index contributed by atoms with van der Waals surface area (Å²) in [6.07, 6.45) is 0. The highest BCUT2D eigenvalue weighted by atomic mass is 32.1. The minimum absolute atomic E-state index is 0.00680. The van der Waals surface area contributed by atoms with Crippen LogP contribution < -0.4 is 0 Å². The maximum absolute atomic E-state index is 12.9. The molecule has 0 aliphatic carbocycles. The molecule has 0 aliphatic rings. The second-order valence-corrected chi connectivity index (χ2v) is 5.04. The van der Waals surface area contributed by atoms with E-state index in [4.69, 9.17) is 12.2 Å². The molecule has 0 amide bonds. The van der Waals surface area contributed by atoms with Gasteiger partial charge in [-0.05, 0) is 31.3 Å². The summed E-state index contributed by atoms with van der Waals surface area (Å²) < 4.78 is 15.0. The van der Waals surface area contributed by atoms with Crippen LogP contribution in [0.5, 0.6) is 5.88 Å². The van der Waals surface area contributed by atoms with Gasteiger partial charge in [0.2, 0.25) is 10.9 Å². The van der Waals surface area contributed by atoms with E-state index in [0.29, 0.717) is 21.2 Å². The quantitative estimate of drug-likeness (QED) is 0.663. The van der Waals surface area contributed by atoms with Gasteiger partial charge in [0, 0.05) is 12.6 Å². The Morgan fingerprint density at radius 3 is 2.83 bits per heavy atom. The molecule has 0 aliphatic heterocycles. The fourth-order valence-electron chi connectivity index (χ4n) is 1.37. The standard InChI is InChI=1S/C11H10FN3OS2/c1-2-15-10(16)9(18-11(15)17)14-13-8-5-3-4-7(12)6-8/h3-6,16H,2H2,1H3. The first-order valence-corrected chi connectivity index (χ1v) is 6.44. The first-order chi connectivity index (χ1) is 8.61. The van der Waals surface area contributed by atoms with Gasteiger partial charge >= 0.3 is 0 Å². The zero-order valence-electron chi connectivity index (χ0n) is 9.50. The zero-order valence-corrected chi connectivity index (χ0v) is 11.1. The summed E-state index contributed by atoms with van der Waals surface area (Å²) in [5, 5.41) is 17.9. The molecule has 18 heavy (non-hydrogen) atoms. The van der Waals surface area contributed by atoms with Crippen LogP contribution in [-0.4, -0.2) is 9.67 Å². The van der Waals surface area contributed by atoms with E-state index >= 15 is 0 Å². The van der Waals surface area contributed by atoms with Crippen molar-refractivity contribution in [1.82, 2.24) is 4.57 Å². The predicted molar refractivity (Wildman–Crippen MR) is 71.1 cm³/mol. The average Bonchev–Trinajstić information content (AvgIpc) is 2.61. The van der Waals surface area contributed by atoms with Crippen LogP contribution in [0.15, 0.2) is 34.5 Å². The van der Waals surface area contributed by atoms with E-state index in [1.807, 2.05) is 6.92 Å². The van der Waals surface area contributed by atoms with Crippen LogP contribution in [0.3, 0.4) is 0 Å². The predicted octanol–water partition coefficient (Wildman–Crippen LogP) is 4.56. The normalized spacial score (nSPS) is 11.2. The van der Waals surface area contributed by atoms with E-state index in [0.717, 1.165) is 11.3 Å². The molecule has 1 N–H and O–H groups in total. The van der Waals surface area contributed by atoms with Gasteiger partial charge in [0.05, 0.1) is 5.69 Å². The Hall–Kier alpha value is -1.60. The van der Waals surface area contributed by atoms with Crippen LogP contribution in [0.2, 0.25) is 0 Å². The van der Waals surface area contributed by atoms with Crippen molar-refractivity contribution in [3.05, 3.63) is 34.0 Å². The van der Waals surface area contributed by atoms with Gasteiger partial charge in [-0.2, -0.15) is 0 Å². The third-order valence-electron chi connectivity index (χ3n) is 2.23. The summed E-state index contributed by atoms with van der Waals surface area (Å²) in [6.45, 7) is 2.44. The van der Waals surface area contributed by atoms with Gasteiger partial charge in [-0.15, -0.1) is 10.2 Å². The number of halogens is 1. The van der Waals surface area contributed by atoms with E-state index in [1.54, 1.807) is 16.7 Å². The molecule has 0 fully saturated rings. The SMILES string of the molecule is CCn1c(O)c(N=Nc2cccc(F)c2)sc1=S. The van der Waals surface area contributed by atoms with Crippen molar-refractivity contribution in [2.24, 2.45) is 10.2 Å². The van der Waals surface area contributed by atoms with Crippen molar-refractivity contribution in [3.63, 3.8) is 0 Å². The van der Waals surface area contributed by atoms with Gasteiger partial charge in [0.25, 0.3) is 0 Å². The lowest BCUT2D eigenvalue weighted by Gasteiger charge is -1.97. The average molecular weight is 283 g/mol. The number of azo groups is 1. The van der Waals surface area contributed by atoms with Crippen molar-refractivity contribution in [3.8, 4) is 5.88 Å². The van der Waals surface area contributed by atoms with Crippen molar-refractivity contribution in [2.45, 2.75) is 13.5 Å². The zero-order chi connectivity index (χ0) is 13.1. The van der Waals surface area contributed by atoms with Crippen molar-refractivity contribution in [2.75, 3.05) is 0 Å². The Kier molecular flexibility index (Phi) is 3.83. The summed E-state index contributed by atoms with van der Waals surface area (Å²) >= 11 is 6.23. The molecular formula is C11H10FN3OS2. The third-order valence-corrected chi connectivity index (χ3v) is 3.56. The number of benzene rings is 1. The lowest BCUT2D eigenvalue weighted by molar-refractivity contribution is 0.421. The largest absolute Gasteiger partial charge is 0.492 e. The first-order valence-electron chi connectivity index (χ1n) is 5.21. The highest BCUT2D eigenvalue weighted by molar-refractivity contribution is 7.73. The molecule has 1 aromatic heterocycles. The molecular weight excluding hydrogens is 273 g/mol. The van der Waals surface area contributed by atoms with Crippen LogP contribution in [-0.2, 0) is 6.54 Å². The summed E-state index contributed by atoms with van der Waals surface area (Å²) in [5.74, 6) is -0.387. The lowest BCUT2D eigenvalue weighted by atomic mass is 10.3. The fraction of sp³-hybridized carbons (Fsp3) is 0.182. The molecule has 0 saturated heterocycles. The Bertz CT molecular complexity index is 648. The van der Waals surface area contributed by atoms with Gasteiger partial charge in [0.15, 0.2) is 3.95 Å². The van der Waals surface area contributed by atoms with E-state index in [9.17, 15) is 9.50 Å². The van der Waals surface area contributed by atoms with Crippen molar-refractivity contribution >= 4 is 34.2 Å². The molecule has 2 aromatic rings. The summed E-state index contributed by atoms with van der Waals surface area (Å²) in [5.41, 5.74) is 0.386. The minimum Gasteiger partial charge on any atom is -0.492 e. The third kappa shape index (κ3) is 2.62. The molecule has 0 atom stereocenters.